The van der Waals surface area contributed by atoms with E-state index in [1.165, 1.54) is 11.3 Å². The van der Waals surface area contributed by atoms with E-state index in [0.717, 1.165) is 44.0 Å². The monoisotopic (exact) mass is 319 g/mol. The van der Waals surface area contributed by atoms with Crippen LogP contribution in [0.15, 0.2) is 5.38 Å². The van der Waals surface area contributed by atoms with Crippen LogP contribution in [0.5, 0.6) is 0 Å². The number of carbonyl (C=O) groups excluding carboxylic acids is 1. The van der Waals surface area contributed by atoms with E-state index in [4.69, 9.17) is 10.5 Å². The zero-order chi connectivity index (χ0) is 13.7. The van der Waals surface area contributed by atoms with E-state index in [9.17, 15) is 4.79 Å². The molecule has 0 unspecified atom stereocenters. The van der Waals surface area contributed by atoms with Crippen LogP contribution in [0.2, 0.25) is 0 Å². The summed E-state index contributed by atoms with van der Waals surface area (Å²) in [5.41, 5.74) is 6.06. The lowest BCUT2D eigenvalue weighted by atomic mass is 9.98. The van der Waals surface area contributed by atoms with Gasteiger partial charge in [-0.1, -0.05) is 0 Å². The van der Waals surface area contributed by atoms with E-state index in [2.05, 4.69) is 4.98 Å². The van der Waals surface area contributed by atoms with Crippen molar-refractivity contribution in [1.82, 2.24) is 9.88 Å². The molecule has 20 heavy (non-hydrogen) atoms. The molecule has 1 amide bonds. The SMILES string of the molecule is COCC1CCN(C(=O)c2csc(CCN)n2)CC1.Cl. The molecule has 1 aliphatic heterocycles. The Morgan fingerprint density at radius 1 is 1.55 bits per heavy atom. The number of likely N-dealkylation sites (tertiary alicyclic amines) is 1. The van der Waals surface area contributed by atoms with Gasteiger partial charge in [0.05, 0.1) is 5.01 Å². The van der Waals surface area contributed by atoms with Crippen LogP contribution in [0.3, 0.4) is 0 Å². The van der Waals surface area contributed by atoms with Gasteiger partial charge in [-0.25, -0.2) is 4.98 Å². The Hall–Kier alpha value is -0.690. The number of piperidine rings is 1. The lowest BCUT2D eigenvalue weighted by molar-refractivity contribution is 0.0609. The van der Waals surface area contributed by atoms with Gasteiger partial charge in [0.15, 0.2) is 0 Å². The van der Waals surface area contributed by atoms with Crippen LogP contribution in [0.1, 0.15) is 28.3 Å². The van der Waals surface area contributed by atoms with Gasteiger partial charge in [0.25, 0.3) is 5.91 Å². The largest absolute Gasteiger partial charge is 0.384 e. The second-order valence-corrected chi connectivity index (χ2v) is 5.80. The summed E-state index contributed by atoms with van der Waals surface area (Å²) in [5, 5.41) is 2.79. The van der Waals surface area contributed by atoms with E-state index in [0.29, 0.717) is 18.2 Å². The number of nitrogens with two attached hydrogens (primary N) is 1. The molecular weight excluding hydrogens is 298 g/mol. The van der Waals surface area contributed by atoms with Crippen molar-refractivity contribution in [2.24, 2.45) is 11.7 Å². The molecule has 2 heterocycles. The molecule has 114 valence electrons. The molecule has 0 spiro atoms. The molecular formula is C13H22ClN3O2S. The average molecular weight is 320 g/mol. The Bertz CT molecular complexity index is 420. The van der Waals surface area contributed by atoms with Crippen molar-refractivity contribution in [2.75, 3.05) is 33.4 Å². The zero-order valence-corrected chi connectivity index (χ0v) is 13.3. The molecule has 1 saturated heterocycles. The lowest BCUT2D eigenvalue weighted by Gasteiger charge is -2.31. The Balaban J connectivity index is 0.00000200. The number of halogens is 1. The van der Waals surface area contributed by atoms with Crippen molar-refractivity contribution in [3.8, 4) is 0 Å². The number of thiazole rings is 1. The summed E-state index contributed by atoms with van der Waals surface area (Å²) in [6.07, 6.45) is 2.77. The molecule has 0 aliphatic carbocycles. The number of nitrogens with zero attached hydrogens (tertiary/aromatic N) is 2. The summed E-state index contributed by atoms with van der Waals surface area (Å²) in [4.78, 5) is 18.5. The van der Waals surface area contributed by atoms with Gasteiger partial charge in [0, 0.05) is 38.6 Å². The summed E-state index contributed by atoms with van der Waals surface area (Å²) < 4.78 is 5.17. The fraction of sp³-hybridized carbons (Fsp3) is 0.692. The number of rotatable bonds is 5. The minimum Gasteiger partial charge on any atom is -0.384 e. The predicted octanol–water partition coefficient (Wildman–Crippen LogP) is 1.56. The van der Waals surface area contributed by atoms with E-state index in [1.54, 1.807) is 7.11 Å². The number of amides is 1. The summed E-state index contributed by atoms with van der Waals surface area (Å²) in [6.45, 7) is 2.97. The summed E-state index contributed by atoms with van der Waals surface area (Å²) in [5.74, 6) is 0.632. The molecule has 0 bridgehead atoms. The van der Waals surface area contributed by atoms with Crippen LogP contribution < -0.4 is 5.73 Å². The average Bonchev–Trinajstić information content (AvgIpc) is 2.88. The topological polar surface area (TPSA) is 68.5 Å². The third-order valence-corrected chi connectivity index (χ3v) is 4.34. The second-order valence-electron chi connectivity index (χ2n) is 4.86. The van der Waals surface area contributed by atoms with Gasteiger partial charge in [-0.15, -0.1) is 23.7 Å². The number of carbonyl (C=O) groups is 1. The summed E-state index contributed by atoms with van der Waals surface area (Å²) >= 11 is 1.52. The van der Waals surface area contributed by atoms with E-state index in [1.807, 2.05) is 10.3 Å². The number of hydrogen-bond donors (Lipinski definition) is 1. The maximum absolute atomic E-state index is 12.3. The third-order valence-electron chi connectivity index (χ3n) is 3.43. The van der Waals surface area contributed by atoms with Crippen LogP contribution in [0.4, 0.5) is 0 Å². The van der Waals surface area contributed by atoms with Crippen LogP contribution in [0.25, 0.3) is 0 Å². The van der Waals surface area contributed by atoms with Gasteiger partial charge in [-0.2, -0.15) is 0 Å². The number of hydrogen-bond acceptors (Lipinski definition) is 5. The smallest absolute Gasteiger partial charge is 0.273 e. The van der Waals surface area contributed by atoms with Crippen molar-refractivity contribution < 1.29 is 9.53 Å². The molecule has 1 fully saturated rings. The quantitative estimate of drug-likeness (QED) is 0.894. The van der Waals surface area contributed by atoms with Crippen LogP contribution >= 0.6 is 23.7 Å². The van der Waals surface area contributed by atoms with Gasteiger partial charge in [-0.05, 0) is 25.3 Å². The van der Waals surface area contributed by atoms with Gasteiger partial charge in [-0.3, -0.25) is 4.79 Å². The summed E-state index contributed by atoms with van der Waals surface area (Å²) in [7, 11) is 1.73. The highest BCUT2D eigenvalue weighted by Crippen LogP contribution is 2.20. The van der Waals surface area contributed by atoms with Crippen molar-refractivity contribution in [3.63, 3.8) is 0 Å². The molecule has 0 atom stereocenters. The number of ether oxygens (including phenoxy) is 1. The maximum atomic E-state index is 12.3. The summed E-state index contributed by atoms with van der Waals surface area (Å²) in [6, 6.07) is 0. The Morgan fingerprint density at radius 2 is 2.25 bits per heavy atom. The van der Waals surface area contributed by atoms with E-state index < -0.39 is 0 Å². The molecule has 0 saturated carbocycles. The van der Waals surface area contributed by atoms with Gasteiger partial charge in [0.2, 0.25) is 0 Å². The second kappa shape index (κ2) is 8.56. The highest BCUT2D eigenvalue weighted by Gasteiger charge is 2.24. The van der Waals surface area contributed by atoms with Crippen LogP contribution in [0, 0.1) is 5.92 Å². The molecule has 1 aliphatic rings. The van der Waals surface area contributed by atoms with Crippen molar-refractivity contribution >= 4 is 29.7 Å². The van der Waals surface area contributed by atoms with Gasteiger partial charge < -0.3 is 15.4 Å². The van der Waals surface area contributed by atoms with Crippen molar-refractivity contribution in [2.45, 2.75) is 19.3 Å². The normalized spacial score (nSPS) is 16.0. The fourth-order valence-electron chi connectivity index (χ4n) is 2.35. The molecule has 5 nitrogen and oxygen atoms in total. The first kappa shape index (κ1) is 17.4. The Morgan fingerprint density at radius 3 is 2.85 bits per heavy atom. The standard InChI is InChI=1S/C13H21N3O2S.ClH/c1-18-8-10-3-6-16(7-4-10)13(17)11-9-19-12(15-11)2-5-14;/h9-10H,2-8,14H2,1H3;1H. The van der Waals surface area contributed by atoms with Gasteiger partial charge in [0.1, 0.15) is 5.69 Å². The molecule has 2 rings (SSSR count). The third kappa shape index (κ3) is 4.41. The van der Waals surface area contributed by atoms with Gasteiger partial charge >= 0.3 is 0 Å². The number of aromatic nitrogens is 1. The molecule has 0 aromatic carbocycles. The first-order valence-corrected chi connectivity index (χ1v) is 7.55. The van der Waals surface area contributed by atoms with Crippen LogP contribution in [-0.2, 0) is 11.2 Å². The van der Waals surface area contributed by atoms with Crippen molar-refractivity contribution in [3.05, 3.63) is 16.1 Å². The maximum Gasteiger partial charge on any atom is 0.273 e. The Kier molecular flexibility index (Phi) is 7.43. The predicted molar refractivity (Wildman–Crippen MR) is 82.6 cm³/mol. The minimum atomic E-state index is 0. The highest BCUT2D eigenvalue weighted by molar-refractivity contribution is 7.09. The highest BCUT2D eigenvalue weighted by atomic mass is 35.5. The van der Waals surface area contributed by atoms with E-state index >= 15 is 0 Å². The molecule has 1 aromatic rings. The lowest BCUT2D eigenvalue weighted by Crippen LogP contribution is -2.39. The molecule has 2 N–H and O–H groups in total. The minimum absolute atomic E-state index is 0. The molecule has 7 heteroatoms. The number of methoxy groups -OCH3 is 1. The zero-order valence-electron chi connectivity index (χ0n) is 11.7. The molecule has 1 aromatic heterocycles. The van der Waals surface area contributed by atoms with Crippen molar-refractivity contribution in [1.29, 1.82) is 0 Å². The fourth-order valence-corrected chi connectivity index (χ4v) is 3.14. The first-order chi connectivity index (χ1) is 9.24. The van der Waals surface area contributed by atoms with E-state index in [-0.39, 0.29) is 18.3 Å². The Labute approximate surface area is 129 Å². The first-order valence-electron chi connectivity index (χ1n) is 6.67. The van der Waals surface area contributed by atoms with Crippen LogP contribution in [-0.4, -0.2) is 49.1 Å². The molecule has 0 radical (unpaired) electrons.